The largest absolute Gasteiger partial charge is 0.294 e. The second kappa shape index (κ2) is 7.05. The summed E-state index contributed by atoms with van der Waals surface area (Å²) in [5.74, 6) is 0.0899. The van der Waals surface area contributed by atoms with Crippen molar-refractivity contribution in [3.8, 4) is 0 Å². The highest BCUT2D eigenvalue weighted by atomic mass is 35.5. The van der Waals surface area contributed by atoms with Crippen LogP contribution in [0.1, 0.15) is 49.7 Å². The van der Waals surface area contributed by atoms with E-state index in [0.717, 1.165) is 9.75 Å². The van der Waals surface area contributed by atoms with Gasteiger partial charge >= 0.3 is 0 Å². The molecule has 0 unspecified atom stereocenters. The zero-order valence-electron chi connectivity index (χ0n) is 11.7. The minimum Gasteiger partial charge on any atom is -0.294 e. The van der Waals surface area contributed by atoms with Gasteiger partial charge in [-0.3, -0.25) is 9.59 Å². The topological polar surface area (TPSA) is 34.1 Å². The van der Waals surface area contributed by atoms with E-state index in [0.29, 0.717) is 39.1 Å². The molecule has 0 amide bonds. The molecule has 0 atom stereocenters. The molecule has 21 heavy (non-hydrogen) atoms. The molecule has 0 saturated carbocycles. The number of thiophene rings is 2. The molecule has 6 heteroatoms. The van der Waals surface area contributed by atoms with Crippen LogP contribution in [0.25, 0.3) is 0 Å². The third-order valence-corrected chi connectivity index (χ3v) is 5.54. The highest BCUT2D eigenvalue weighted by Gasteiger charge is 2.15. The Kier molecular flexibility index (Phi) is 5.60. The molecule has 2 aromatic heterocycles. The van der Waals surface area contributed by atoms with Crippen LogP contribution in [-0.4, -0.2) is 11.6 Å². The van der Waals surface area contributed by atoms with Crippen LogP contribution < -0.4 is 0 Å². The van der Waals surface area contributed by atoms with Gasteiger partial charge in [-0.2, -0.15) is 0 Å². The highest BCUT2D eigenvalue weighted by Crippen LogP contribution is 2.28. The van der Waals surface area contributed by atoms with E-state index in [9.17, 15) is 9.59 Å². The van der Waals surface area contributed by atoms with Crippen molar-refractivity contribution in [3.63, 3.8) is 0 Å². The molecular formula is C15H14Cl2O2S2. The molecule has 0 saturated heterocycles. The van der Waals surface area contributed by atoms with Gasteiger partial charge in [0.05, 0.1) is 8.67 Å². The fourth-order valence-corrected chi connectivity index (χ4v) is 4.54. The first-order chi connectivity index (χ1) is 9.88. The van der Waals surface area contributed by atoms with Crippen LogP contribution in [-0.2, 0) is 0 Å². The molecule has 0 bridgehead atoms. The average molecular weight is 361 g/mol. The van der Waals surface area contributed by atoms with Crippen molar-refractivity contribution in [2.75, 3.05) is 0 Å². The summed E-state index contributed by atoms with van der Waals surface area (Å²) in [5.41, 5.74) is 1.35. The van der Waals surface area contributed by atoms with Gasteiger partial charge in [0.15, 0.2) is 11.6 Å². The lowest BCUT2D eigenvalue weighted by atomic mass is 10.0. The molecule has 0 aliphatic heterocycles. The minimum atomic E-state index is 0.0449. The van der Waals surface area contributed by atoms with Crippen LogP contribution in [0.3, 0.4) is 0 Å². The summed E-state index contributed by atoms with van der Waals surface area (Å²) in [7, 11) is 0. The van der Waals surface area contributed by atoms with Gasteiger partial charge in [-0.05, 0) is 32.4 Å². The molecule has 0 fully saturated rings. The summed E-state index contributed by atoms with van der Waals surface area (Å²) < 4.78 is 1.24. The minimum absolute atomic E-state index is 0.0449. The van der Waals surface area contributed by atoms with Crippen molar-refractivity contribution >= 4 is 57.4 Å². The first-order valence-electron chi connectivity index (χ1n) is 6.46. The van der Waals surface area contributed by atoms with Crippen molar-refractivity contribution in [2.45, 2.75) is 33.1 Å². The van der Waals surface area contributed by atoms with Gasteiger partial charge in [0.25, 0.3) is 0 Å². The normalized spacial score (nSPS) is 10.9. The van der Waals surface area contributed by atoms with Gasteiger partial charge in [0.2, 0.25) is 0 Å². The number of hydrogen-bond donors (Lipinski definition) is 0. The van der Waals surface area contributed by atoms with Crippen LogP contribution in [0.2, 0.25) is 8.67 Å². The van der Waals surface area contributed by atoms with E-state index >= 15 is 0 Å². The van der Waals surface area contributed by atoms with Gasteiger partial charge < -0.3 is 0 Å². The Morgan fingerprint density at radius 1 is 0.905 bits per heavy atom. The monoisotopic (exact) mass is 360 g/mol. The van der Waals surface area contributed by atoms with Crippen molar-refractivity contribution in [1.29, 1.82) is 0 Å². The fourth-order valence-electron chi connectivity index (χ4n) is 2.12. The van der Waals surface area contributed by atoms with Gasteiger partial charge in [-0.1, -0.05) is 23.2 Å². The SMILES string of the molecule is Cc1sc(Cl)cc1C(=O)CCCC(=O)c1cc(Cl)sc1C. The fraction of sp³-hybridized carbons (Fsp3) is 0.333. The molecule has 2 heterocycles. The molecule has 0 spiro atoms. The first-order valence-corrected chi connectivity index (χ1v) is 8.85. The number of Topliss-reactive ketones (excluding diaryl/α,β-unsaturated/α-hetero) is 2. The Bertz CT molecular complexity index is 628. The number of hydrogen-bond acceptors (Lipinski definition) is 4. The summed E-state index contributed by atoms with van der Waals surface area (Å²) >= 11 is 14.6. The lowest BCUT2D eigenvalue weighted by molar-refractivity contribution is 0.0957. The number of carbonyl (C=O) groups excluding carboxylic acids is 2. The van der Waals surface area contributed by atoms with E-state index in [1.807, 2.05) is 13.8 Å². The summed E-state index contributed by atoms with van der Waals surface area (Å²) in [6.45, 7) is 3.76. The zero-order chi connectivity index (χ0) is 15.6. The van der Waals surface area contributed by atoms with Crippen molar-refractivity contribution in [2.24, 2.45) is 0 Å². The highest BCUT2D eigenvalue weighted by molar-refractivity contribution is 7.16. The van der Waals surface area contributed by atoms with Crippen LogP contribution in [0, 0.1) is 13.8 Å². The predicted octanol–water partition coefficient (Wildman–Crippen LogP) is 5.97. The lowest BCUT2D eigenvalue weighted by Crippen LogP contribution is -2.03. The molecule has 0 aromatic carbocycles. The van der Waals surface area contributed by atoms with Crippen molar-refractivity contribution in [3.05, 3.63) is 41.7 Å². The van der Waals surface area contributed by atoms with Crippen molar-refractivity contribution < 1.29 is 9.59 Å². The molecule has 0 N–H and O–H groups in total. The van der Waals surface area contributed by atoms with E-state index in [2.05, 4.69) is 0 Å². The zero-order valence-corrected chi connectivity index (χ0v) is 14.8. The van der Waals surface area contributed by atoms with Gasteiger partial charge in [-0.25, -0.2) is 0 Å². The van der Waals surface area contributed by atoms with E-state index in [1.165, 1.54) is 22.7 Å². The summed E-state index contributed by atoms with van der Waals surface area (Å²) in [6.07, 6.45) is 1.25. The standard InChI is InChI=1S/C15H14Cl2O2S2/c1-8-10(6-14(16)20-8)12(18)4-3-5-13(19)11-7-15(17)21-9(11)2/h6-7H,3-5H2,1-2H3. The van der Waals surface area contributed by atoms with Gasteiger partial charge in [-0.15, -0.1) is 22.7 Å². The maximum Gasteiger partial charge on any atom is 0.164 e. The molecule has 2 rings (SSSR count). The first kappa shape index (κ1) is 16.7. The van der Waals surface area contributed by atoms with Crippen LogP contribution in [0.5, 0.6) is 0 Å². The Morgan fingerprint density at radius 2 is 1.29 bits per heavy atom. The summed E-state index contributed by atoms with van der Waals surface area (Å²) in [6, 6.07) is 3.41. The van der Waals surface area contributed by atoms with Crippen molar-refractivity contribution in [1.82, 2.24) is 0 Å². The number of ketones is 2. The van der Waals surface area contributed by atoms with Crippen LogP contribution in [0.4, 0.5) is 0 Å². The molecular weight excluding hydrogens is 347 g/mol. The molecule has 0 aliphatic rings. The summed E-state index contributed by atoms with van der Waals surface area (Å²) in [4.78, 5) is 26.0. The van der Waals surface area contributed by atoms with Crippen LogP contribution >= 0.6 is 45.9 Å². The average Bonchev–Trinajstić information content (AvgIpc) is 2.91. The quantitative estimate of drug-likeness (QED) is 0.594. The second-order valence-corrected chi connectivity index (χ2v) is 8.52. The summed E-state index contributed by atoms with van der Waals surface area (Å²) in [5, 5.41) is 0. The Morgan fingerprint density at radius 3 is 1.57 bits per heavy atom. The number of rotatable bonds is 6. The molecule has 0 aliphatic carbocycles. The number of carbonyl (C=O) groups is 2. The molecule has 112 valence electrons. The van der Waals surface area contributed by atoms with E-state index in [4.69, 9.17) is 23.2 Å². The Hall–Kier alpha value is -0.680. The maximum absolute atomic E-state index is 12.1. The third kappa shape index (κ3) is 4.16. The van der Waals surface area contributed by atoms with E-state index in [-0.39, 0.29) is 11.6 Å². The lowest BCUT2D eigenvalue weighted by Gasteiger charge is -2.01. The Labute approximate surface area is 141 Å². The predicted molar refractivity (Wildman–Crippen MR) is 90.6 cm³/mol. The third-order valence-electron chi connectivity index (χ3n) is 3.18. The van der Waals surface area contributed by atoms with Gasteiger partial charge in [0, 0.05) is 33.7 Å². The Balaban J connectivity index is 1.90. The van der Waals surface area contributed by atoms with E-state index < -0.39 is 0 Å². The molecule has 2 aromatic rings. The van der Waals surface area contributed by atoms with E-state index in [1.54, 1.807) is 12.1 Å². The second-order valence-electron chi connectivity index (χ2n) is 4.74. The number of aryl methyl sites for hydroxylation is 2. The number of halogens is 2. The van der Waals surface area contributed by atoms with Gasteiger partial charge in [0.1, 0.15) is 0 Å². The smallest absolute Gasteiger partial charge is 0.164 e. The van der Waals surface area contributed by atoms with Crippen LogP contribution in [0.15, 0.2) is 12.1 Å². The molecule has 0 radical (unpaired) electrons. The maximum atomic E-state index is 12.1. The molecule has 2 nitrogen and oxygen atoms in total.